The van der Waals surface area contributed by atoms with Crippen molar-refractivity contribution in [3.63, 3.8) is 0 Å². The van der Waals surface area contributed by atoms with Gasteiger partial charge in [0, 0.05) is 18.0 Å². The number of rotatable bonds is 5. The number of ether oxygens (including phenoxy) is 1. The quantitative estimate of drug-likeness (QED) is 0.811. The molecular formula is C15H15Cl2NO. The van der Waals surface area contributed by atoms with Gasteiger partial charge in [-0.25, -0.2) is 0 Å². The number of hydrogen-bond acceptors (Lipinski definition) is 2. The van der Waals surface area contributed by atoms with Gasteiger partial charge in [0.05, 0.1) is 16.7 Å². The number of hydrogen-bond donors (Lipinski definition) is 1. The summed E-state index contributed by atoms with van der Waals surface area (Å²) in [4.78, 5) is 0. The van der Waals surface area contributed by atoms with Crippen LogP contribution in [-0.4, -0.2) is 6.61 Å². The molecule has 0 fully saturated rings. The van der Waals surface area contributed by atoms with Crippen LogP contribution in [0.15, 0.2) is 42.5 Å². The molecule has 0 aliphatic heterocycles. The summed E-state index contributed by atoms with van der Waals surface area (Å²) in [6, 6.07) is 13.6. The highest BCUT2D eigenvalue weighted by molar-refractivity contribution is 6.42. The third-order valence-corrected chi connectivity index (χ3v) is 3.37. The lowest BCUT2D eigenvalue weighted by Crippen LogP contribution is -1.93. The van der Waals surface area contributed by atoms with Gasteiger partial charge in [0.2, 0.25) is 0 Å². The summed E-state index contributed by atoms with van der Waals surface area (Å²) in [6.07, 6.45) is 0. The lowest BCUT2D eigenvalue weighted by molar-refractivity contribution is 0.134. The van der Waals surface area contributed by atoms with E-state index in [0.717, 1.165) is 23.5 Å². The molecule has 0 aromatic heterocycles. The van der Waals surface area contributed by atoms with Crippen LogP contribution in [0.25, 0.3) is 0 Å². The predicted molar refractivity (Wildman–Crippen MR) is 81.5 cm³/mol. The van der Waals surface area contributed by atoms with Gasteiger partial charge in [0.25, 0.3) is 0 Å². The molecule has 2 aromatic rings. The van der Waals surface area contributed by atoms with Crippen LogP contribution in [0, 0.1) is 0 Å². The molecule has 100 valence electrons. The average Bonchev–Trinajstić information content (AvgIpc) is 2.42. The molecule has 0 unspecified atom stereocenters. The fourth-order valence-corrected chi connectivity index (χ4v) is 1.94. The molecule has 0 radical (unpaired) electrons. The van der Waals surface area contributed by atoms with Gasteiger partial charge in [-0.15, -0.1) is 0 Å². The van der Waals surface area contributed by atoms with Gasteiger partial charge in [-0.2, -0.15) is 0 Å². The minimum absolute atomic E-state index is 0.541. The summed E-state index contributed by atoms with van der Waals surface area (Å²) in [6.45, 7) is 3.35. The highest BCUT2D eigenvalue weighted by Gasteiger charge is 2.00. The number of anilines is 2. The molecule has 1 N–H and O–H groups in total. The third kappa shape index (κ3) is 4.13. The van der Waals surface area contributed by atoms with E-state index in [1.807, 2.05) is 37.3 Å². The Kier molecular flexibility index (Phi) is 5.08. The molecule has 0 aliphatic rings. The van der Waals surface area contributed by atoms with E-state index >= 15 is 0 Å². The first-order valence-electron chi connectivity index (χ1n) is 6.08. The predicted octanol–water partition coefficient (Wildman–Crippen LogP) is 5.27. The maximum Gasteiger partial charge on any atom is 0.0716 e. The van der Waals surface area contributed by atoms with Gasteiger partial charge in [-0.05, 0) is 42.8 Å². The van der Waals surface area contributed by atoms with Gasteiger partial charge < -0.3 is 10.1 Å². The fraction of sp³-hybridized carbons (Fsp3) is 0.200. The molecule has 2 aromatic carbocycles. The van der Waals surface area contributed by atoms with Gasteiger partial charge >= 0.3 is 0 Å². The molecule has 19 heavy (non-hydrogen) atoms. The standard InChI is InChI=1S/C15H15Cl2NO/c1-2-19-10-11-3-5-12(6-4-11)18-13-7-8-14(16)15(17)9-13/h3-9,18H,2,10H2,1H3. The SMILES string of the molecule is CCOCc1ccc(Nc2ccc(Cl)c(Cl)c2)cc1. The van der Waals surface area contributed by atoms with E-state index < -0.39 is 0 Å². The van der Waals surface area contributed by atoms with Gasteiger partial charge in [-0.3, -0.25) is 0 Å². The van der Waals surface area contributed by atoms with E-state index in [1.54, 1.807) is 12.1 Å². The second-order valence-electron chi connectivity index (χ2n) is 4.09. The van der Waals surface area contributed by atoms with E-state index in [0.29, 0.717) is 16.7 Å². The molecule has 4 heteroatoms. The van der Waals surface area contributed by atoms with E-state index in [1.165, 1.54) is 0 Å². The zero-order valence-electron chi connectivity index (χ0n) is 10.6. The zero-order chi connectivity index (χ0) is 13.7. The molecule has 0 aliphatic carbocycles. The lowest BCUT2D eigenvalue weighted by Gasteiger charge is -2.08. The summed E-state index contributed by atoms with van der Waals surface area (Å²) < 4.78 is 5.35. The van der Waals surface area contributed by atoms with Crippen LogP contribution < -0.4 is 5.32 Å². The minimum Gasteiger partial charge on any atom is -0.377 e. The first-order chi connectivity index (χ1) is 9.19. The minimum atomic E-state index is 0.541. The summed E-state index contributed by atoms with van der Waals surface area (Å²) in [5.41, 5.74) is 3.06. The highest BCUT2D eigenvalue weighted by atomic mass is 35.5. The molecule has 0 atom stereocenters. The van der Waals surface area contributed by atoms with Crippen molar-refractivity contribution in [2.24, 2.45) is 0 Å². The van der Waals surface area contributed by atoms with Crippen molar-refractivity contribution < 1.29 is 4.74 Å². The van der Waals surface area contributed by atoms with Crippen molar-refractivity contribution in [2.45, 2.75) is 13.5 Å². The number of benzene rings is 2. The van der Waals surface area contributed by atoms with Gasteiger partial charge in [0.15, 0.2) is 0 Å². The lowest BCUT2D eigenvalue weighted by atomic mass is 10.2. The molecule has 2 rings (SSSR count). The third-order valence-electron chi connectivity index (χ3n) is 2.64. The van der Waals surface area contributed by atoms with E-state index in [4.69, 9.17) is 27.9 Å². The second-order valence-corrected chi connectivity index (χ2v) is 4.90. The van der Waals surface area contributed by atoms with Crippen LogP contribution in [0.4, 0.5) is 11.4 Å². The summed E-state index contributed by atoms with van der Waals surface area (Å²) in [7, 11) is 0. The van der Waals surface area contributed by atoms with E-state index in [9.17, 15) is 0 Å². The first-order valence-corrected chi connectivity index (χ1v) is 6.83. The Morgan fingerprint density at radius 2 is 1.63 bits per heavy atom. The van der Waals surface area contributed by atoms with Gasteiger partial charge in [-0.1, -0.05) is 35.3 Å². The molecule has 0 amide bonds. The first kappa shape index (κ1) is 14.2. The van der Waals surface area contributed by atoms with Crippen molar-refractivity contribution in [1.29, 1.82) is 0 Å². The Balaban J connectivity index is 2.04. The molecular weight excluding hydrogens is 281 g/mol. The Morgan fingerprint density at radius 1 is 0.947 bits per heavy atom. The normalized spacial score (nSPS) is 10.5. The summed E-state index contributed by atoms with van der Waals surface area (Å²) >= 11 is 11.9. The fourth-order valence-electron chi connectivity index (χ4n) is 1.64. The maximum absolute atomic E-state index is 5.97. The average molecular weight is 296 g/mol. The summed E-state index contributed by atoms with van der Waals surface area (Å²) in [5.74, 6) is 0. The number of nitrogens with one attached hydrogen (secondary N) is 1. The van der Waals surface area contributed by atoms with Crippen molar-refractivity contribution in [1.82, 2.24) is 0 Å². The molecule has 2 nitrogen and oxygen atoms in total. The Bertz CT molecular complexity index is 540. The van der Waals surface area contributed by atoms with E-state index in [2.05, 4.69) is 5.32 Å². The molecule has 0 saturated carbocycles. The Morgan fingerprint density at radius 3 is 2.26 bits per heavy atom. The smallest absolute Gasteiger partial charge is 0.0716 e. The highest BCUT2D eigenvalue weighted by Crippen LogP contribution is 2.27. The van der Waals surface area contributed by atoms with Crippen molar-refractivity contribution in [2.75, 3.05) is 11.9 Å². The van der Waals surface area contributed by atoms with Crippen LogP contribution in [0.1, 0.15) is 12.5 Å². The topological polar surface area (TPSA) is 21.3 Å². The largest absolute Gasteiger partial charge is 0.377 e. The number of halogens is 2. The molecule has 0 spiro atoms. The van der Waals surface area contributed by atoms with Crippen molar-refractivity contribution >= 4 is 34.6 Å². The zero-order valence-corrected chi connectivity index (χ0v) is 12.1. The van der Waals surface area contributed by atoms with Gasteiger partial charge in [0.1, 0.15) is 0 Å². The van der Waals surface area contributed by atoms with Crippen molar-refractivity contribution in [3.05, 3.63) is 58.1 Å². The second kappa shape index (κ2) is 6.80. The van der Waals surface area contributed by atoms with E-state index in [-0.39, 0.29) is 0 Å². The Labute approximate surface area is 123 Å². The van der Waals surface area contributed by atoms with Crippen LogP contribution >= 0.6 is 23.2 Å². The molecule has 0 bridgehead atoms. The van der Waals surface area contributed by atoms with Crippen LogP contribution in [-0.2, 0) is 11.3 Å². The van der Waals surface area contributed by atoms with Crippen LogP contribution in [0.3, 0.4) is 0 Å². The Hall–Kier alpha value is -1.22. The van der Waals surface area contributed by atoms with Crippen molar-refractivity contribution in [3.8, 4) is 0 Å². The maximum atomic E-state index is 5.97. The van der Waals surface area contributed by atoms with Crippen LogP contribution in [0.2, 0.25) is 10.0 Å². The molecule has 0 heterocycles. The van der Waals surface area contributed by atoms with Crippen LogP contribution in [0.5, 0.6) is 0 Å². The summed E-state index contributed by atoms with van der Waals surface area (Å²) in [5, 5.41) is 4.37. The monoisotopic (exact) mass is 295 g/mol. The molecule has 0 saturated heterocycles.